The van der Waals surface area contributed by atoms with E-state index in [2.05, 4.69) is 20.2 Å². The molecule has 140 valence electrons. The van der Waals surface area contributed by atoms with Gasteiger partial charge in [-0.05, 0) is 43.5 Å². The first-order valence-electron chi connectivity index (χ1n) is 9.52. The fraction of sp³-hybridized carbons (Fsp3) is 0.238. The summed E-state index contributed by atoms with van der Waals surface area (Å²) < 4.78 is 2.02. The van der Waals surface area contributed by atoms with Gasteiger partial charge >= 0.3 is 0 Å². The molecule has 0 bridgehead atoms. The third kappa shape index (κ3) is 2.94. The molecule has 1 saturated heterocycles. The van der Waals surface area contributed by atoms with Gasteiger partial charge in [-0.15, -0.1) is 0 Å². The summed E-state index contributed by atoms with van der Waals surface area (Å²) in [4.78, 5) is 23.5. The molecule has 3 aromatic heterocycles. The van der Waals surface area contributed by atoms with Crippen molar-refractivity contribution in [3.8, 4) is 17.1 Å². The number of aromatic amines is 1. The molecule has 1 aliphatic heterocycles. The Morgan fingerprint density at radius 2 is 1.93 bits per heavy atom. The van der Waals surface area contributed by atoms with Crippen LogP contribution in [-0.4, -0.2) is 48.6 Å². The van der Waals surface area contributed by atoms with Crippen LogP contribution in [0.1, 0.15) is 29.6 Å². The highest BCUT2D eigenvalue weighted by Gasteiger charge is 2.19. The van der Waals surface area contributed by atoms with Crippen LogP contribution in [0.15, 0.2) is 55.1 Å². The van der Waals surface area contributed by atoms with Crippen molar-refractivity contribution >= 4 is 16.9 Å². The Morgan fingerprint density at radius 3 is 2.75 bits per heavy atom. The Balaban J connectivity index is 1.49. The van der Waals surface area contributed by atoms with E-state index in [1.54, 1.807) is 6.20 Å². The van der Waals surface area contributed by atoms with Crippen molar-refractivity contribution in [2.75, 3.05) is 13.1 Å². The third-order valence-corrected chi connectivity index (χ3v) is 5.23. The number of rotatable bonds is 3. The Kier molecular flexibility index (Phi) is 4.12. The lowest BCUT2D eigenvalue weighted by atomic mass is 10.1. The van der Waals surface area contributed by atoms with E-state index in [4.69, 9.17) is 0 Å². The van der Waals surface area contributed by atoms with E-state index in [1.807, 2.05) is 52.1 Å². The fourth-order valence-electron chi connectivity index (χ4n) is 3.78. The molecule has 1 aromatic carbocycles. The van der Waals surface area contributed by atoms with Gasteiger partial charge in [-0.25, -0.2) is 9.97 Å². The molecule has 0 radical (unpaired) electrons. The summed E-state index contributed by atoms with van der Waals surface area (Å²) in [6, 6.07) is 12.0. The van der Waals surface area contributed by atoms with Gasteiger partial charge in [-0.1, -0.05) is 12.1 Å². The average molecular weight is 372 g/mol. The minimum atomic E-state index is 0.0779. The topological polar surface area (TPSA) is 79.7 Å². The van der Waals surface area contributed by atoms with Crippen molar-refractivity contribution < 1.29 is 4.79 Å². The van der Waals surface area contributed by atoms with Crippen LogP contribution in [0.2, 0.25) is 0 Å². The summed E-state index contributed by atoms with van der Waals surface area (Å²) in [6.07, 6.45) is 8.54. The van der Waals surface area contributed by atoms with E-state index in [0.29, 0.717) is 5.56 Å². The molecular formula is C21H20N6O. The second-order valence-corrected chi connectivity index (χ2v) is 7.06. The maximum atomic E-state index is 12.8. The molecular weight excluding hydrogens is 352 g/mol. The summed E-state index contributed by atoms with van der Waals surface area (Å²) in [7, 11) is 0. The quantitative estimate of drug-likeness (QED) is 0.597. The van der Waals surface area contributed by atoms with E-state index in [-0.39, 0.29) is 5.91 Å². The van der Waals surface area contributed by atoms with Crippen LogP contribution in [0.3, 0.4) is 0 Å². The first-order chi connectivity index (χ1) is 13.8. The van der Waals surface area contributed by atoms with Gasteiger partial charge < -0.3 is 9.47 Å². The number of H-pyrrole nitrogens is 1. The Hall–Kier alpha value is -3.48. The van der Waals surface area contributed by atoms with Gasteiger partial charge in [0.2, 0.25) is 0 Å². The Bertz CT molecular complexity index is 1120. The first-order valence-corrected chi connectivity index (χ1v) is 9.52. The zero-order chi connectivity index (χ0) is 18.9. The lowest BCUT2D eigenvalue weighted by molar-refractivity contribution is 0.0724. The number of hydrogen-bond donors (Lipinski definition) is 1. The maximum Gasteiger partial charge on any atom is 0.255 e. The van der Waals surface area contributed by atoms with Crippen molar-refractivity contribution in [3.63, 3.8) is 0 Å². The number of likely N-dealkylation sites (tertiary alicyclic amines) is 1. The molecule has 4 heterocycles. The van der Waals surface area contributed by atoms with Gasteiger partial charge in [0.05, 0.1) is 5.56 Å². The van der Waals surface area contributed by atoms with Crippen LogP contribution in [0.5, 0.6) is 0 Å². The number of nitrogens with one attached hydrogen (secondary N) is 1. The van der Waals surface area contributed by atoms with Crippen LogP contribution in [-0.2, 0) is 0 Å². The first kappa shape index (κ1) is 16.7. The van der Waals surface area contributed by atoms with Crippen molar-refractivity contribution in [2.24, 2.45) is 0 Å². The van der Waals surface area contributed by atoms with Crippen molar-refractivity contribution in [2.45, 2.75) is 19.3 Å². The molecule has 5 rings (SSSR count). The molecule has 0 aliphatic carbocycles. The highest BCUT2D eigenvalue weighted by molar-refractivity contribution is 5.97. The van der Waals surface area contributed by atoms with Gasteiger partial charge in [0.1, 0.15) is 12.0 Å². The summed E-state index contributed by atoms with van der Waals surface area (Å²) in [5.74, 6) is 0.801. The molecule has 7 heteroatoms. The number of pyridine rings is 1. The standard InChI is InChI=1S/C21H20N6O/c28-21(26-8-2-1-3-9-26)17-11-16-7-10-27(20(16)22-13-17)18-6-4-5-15(12-18)19-23-14-24-25-19/h4-7,10-14H,1-3,8-9H2,(H,23,24,25). The molecule has 0 atom stereocenters. The second kappa shape index (κ2) is 6.92. The summed E-state index contributed by atoms with van der Waals surface area (Å²) >= 11 is 0. The predicted octanol–water partition coefficient (Wildman–Crippen LogP) is 3.44. The molecule has 1 N–H and O–H groups in total. The molecule has 28 heavy (non-hydrogen) atoms. The maximum absolute atomic E-state index is 12.8. The highest BCUT2D eigenvalue weighted by Crippen LogP contribution is 2.24. The second-order valence-electron chi connectivity index (χ2n) is 7.06. The number of carbonyl (C=O) groups is 1. The summed E-state index contributed by atoms with van der Waals surface area (Å²) in [6.45, 7) is 1.68. The molecule has 4 aromatic rings. The van der Waals surface area contributed by atoms with Crippen molar-refractivity contribution in [1.29, 1.82) is 0 Å². The van der Waals surface area contributed by atoms with E-state index in [9.17, 15) is 4.79 Å². The third-order valence-electron chi connectivity index (χ3n) is 5.23. The van der Waals surface area contributed by atoms with Gasteiger partial charge in [0, 0.05) is 42.1 Å². The molecule has 1 aliphatic rings. The van der Waals surface area contributed by atoms with Crippen molar-refractivity contribution in [3.05, 3.63) is 60.7 Å². The smallest absolute Gasteiger partial charge is 0.255 e. The molecule has 0 unspecified atom stereocenters. The van der Waals surface area contributed by atoms with Crippen LogP contribution >= 0.6 is 0 Å². The number of hydrogen-bond acceptors (Lipinski definition) is 4. The number of benzene rings is 1. The lowest BCUT2D eigenvalue weighted by Crippen LogP contribution is -2.35. The van der Waals surface area contributed by atoms with Gasteiger partial charge in [-0.2, -0.15) is 5.10 Å². The number of aromatic nitrogens is 5. The SMILES string of the molecule is O=C(c1cnc2c(ccn2-c2cccc(-c3ncn[nH]3)c2)c1)N1CCCCC1. The van der Waals surface area contributed by atoms with Gasteiger partial charge in [0.15, 0.2) is 5.82 Å². The summed E-state index contributed by atoms with van der Waals surface area (Å²) in [5.41, 5.74) is 3.41. The number of nitrogens with zero attached hydrogens (tertiary/aromatic N) is 5. The largest absolute Gasteiger partial charge is 0.339 e. The molecule has 7 nitrogen and oxygen atoms in total. The van der Waals surface area contributed by atoms with E-state index in [0.717, 1.165) is 54.0 Å². The van der Waals surface area contributed by atoms with Gasteiger partial charge in [-0.3, -0.25) is 9.89 Å². The van der Waals surface area contributed by atoms with Crippen LogP contribution in [0.4, 0.5) is 0 Å². The number of amides is 1. The summed E-state index contributed by atoms with van der Waals surface area (Å²) in [5, 5.41) is 7.75. The number of carbonyl (C=O) groups excluding carboxylic acids is 1. The van der Waals surface area contributed by atoms with Crippen molar-refractivity contribution in [1.82, 2.24) is 29.6 Å². The molecule has 0 spiro atoms. The molecule has 1 amide bonds. The number of fused-ring (bicyclic) bond motifs is 1. The highest BCUT2D eigenvalue weighted by atomic mass is 16.2. The normalized spacial score (nSPS) is 14.5. The molecule has 1 fully saturated rings. The lowest BCUT2D eigenvalue weighted by Gasteiger charge is -2.26. The van der Waals surface area contributed by atoms with Crippen LogP contribution in [0.25, 0.3) is 28.1 Å². The molecule has 0 saturated carbocycles. The zero-order valence-corrected chi connectivity index (χ0v) is 15.4. The minimum Gasteiger partial charge on any atom is -0.339 e. The van der Waals surface area contributed by atoms with Gasteiger partial charge in [0.25, 0.3) is 5.91 Å². The van der Waals surface area contributed by atoms with Crippen LogP contribution < -0.4 is 0 Å². The monoisotopic (exact) mass is 372 g/mol. The Labute approximate surface area is 162 Å². The average Bonchev–Trinajstić information content (AvgIpc) is 3.43. The minimum absolute atomic E-state index is 0.0779. The number of piperidine rings is 1. The fourth-order valence-corrected chi connectivity index (χ4v) is 3.78. The van der Waals surface area contributed by atoms with E-state index in [1.165, 1.54) is 12.7 Å². The Morgan fingerprint density at radius 1 is 1.04 bits per heavy atom. The van der Waals surface area contributed by atoms with Crippen LogP contribution in [0, 0.1) is 0 Å². The van der Waals surface area contributed by atoms with E-state index < -0.39 is 0 Å². The zero-order valence-electron chi connectivity index (χ0n) is 15.4. The predicted molar refractivity (Wildman–Crippen MR) is 106 cm³/mol. The van der Waals surface area contributed by atoms with E-state index >= 15 is 0 Å².